The molecular weight excluding hydrogens is 368 g/mol. The van der Waals surface area contributed by atoms with Crippen LogP contribution in [0.2, 0.25) is 0 Å². The molecule has 0 aliphatic carbocycles. The maximum atomic E-state index is 12.6. The second-order valence-electron chi connectivity index (χ2n) is 6.75. The summed E-state index contributed by atoms with van der Waals surface area (Å²) in [5.74, 6) is 0.975. The van der Waals surface area contributed by atoms with E-state index >= 15 is 0 Å². The quantitative estimate of drug-likeness (QED) is 0.793. The molecule has 1 N–H and O–H groups in total. The molecule has 7 nitrogen and oxygen atoms in total. The molecule has 0 atom stereocenters. The van der Waals surface area contributed by atoms with Crippen LogP contribution < -0.4 is 10.1 Å². The van der Waals surface area contributed by atoms with Crippen LogP contribution >= 0.6 is 12.4 Å². The molecule has 2 fully saturated rings. The summed E-state index contributed by atoms with van der Waals surface area (Å²) in [6.07, 6.45) is 0.559. The summed E-state index contributed by atoms with van der Waals surface area (Å²) < 4.78 is 5.19. The van der Waals surface area contributed by atoms with Gasteiger partial charge < -0.3 is 19.9 Å². The number of nitrogens with zero attached hydrogens (tertiary/aromatic N) is 3. The average Bonchev–Trinajstić information content (AvgIpc) is 2.72. The van der Waals surface area contributed by atoms with Gasteiger partial charge >= 0.3 is 0 Å². The minimum absolute atomic E-state index is 0. The molecule has 2 amide bonds. The van der Waals surface area contributed by atoms with E-state index in [1.807, 2.05) is 28.0 Å². The van der Waals surface area contributed by atoms with Crippen LogP contribution in [0.1, 0.15) is 16.8 Å². The van der Waals surface area contributed by atoms with Gasteiger partial charge in [-0.1, -0.05) is 6.07 Å². The number of carbonyl (C=O) groups excluding carboxylic acids is 2. The molecule has 0 spiro atoms. The maximum absolute atomic E-state index is 12.6. The maximum Gasteiger partial charge on any atom is 0.254 e. The standard InChI is InChI=1S/C19H28N4O3.ClH/c1-26-17-4-2-3-16(15-17)19(25)23-13-11-21(12-14-23)8-5-18(24)22-9-6-20-7-10-22;/h2-4,15,20H,5-14H2,1H3;1H. The number of ether oxygens (including phenoxy) is 1. The molecule has 2 saturated heterocycles. The topological polar surface area (TPSA) is 65.1 Å². The van der Waals surface area contributed by atoms with E-state index in [1.54, 1.807) is 13.2 Å². The van der Waals surface area contributed by atoms with Crippen LogP contribution in [-0.2, 0) is 4.79 Å². The Balaban J connectivity index is 0.00000261. The van der Waals surface area contributed by atoms with Gasteiger partial charge in [0.05, 0.1) is 7.11 Å². The van der Waals surface area contributed by atoms with Gasteiger partial charge in [0, 0.05) is 70.9 Å². The third-order valence-electron chi connectivity index (χ3n) is 5.09. The summed E-state index contributed by atoms with van der Waals surface area (Å²) in [6.45, 7) is 7.16. The highest BCUT2D eigenvalue weighted by molar-refractivity contribution is 5.94. The molecule has 3 rings (SSSR count). The lowest BCUT2D eigenvalue weighted by Crippen LogP contribution is -2.50. The summed E-state index contributed by atoms with van der Waals surface area (Å²) >= 11 is 0. The van der Waals surface area contributed by atoms with Gasteiger partial charge in [-0.2, -0.15) is 0 Å². The van der Waals surface area contributed by atoms with Gasteiger partial charge in [0.15, 0.2) is 0 Å². The number of carbonyl (C=O) groups is 2. The average molecular weight is 397 g/mol. The van der Waals surface area contributed by atoms with E-state index in [-0.39, 0.29) is 24.2 Å². The van der Waals surface area contributed by atoms with E-state index in [4.69, 9.17) is 4.74 Å². The molecule has 0 aromatic heterocycles. The number of rotatable bonds is 5. The van der Waals surface area contributed by atoms with Gasteiger partial charge in [-0.25, -0.2) is 0 Å². The van der Waals surface area contributed by atoms with Crippen LogP contribution in [0.3, 0.4) is 0 Å². The Morgan fingerprint density at radius 3 is 2.41 bits per heavy atom. The molecule has 150 valence electrons. The Morgan fingerprint density at radius 1 is 1.04 bits per heavy atom. The van der Waals surface area contributed by atoms with Crippen LogP contribution in [-0.4, -0.2) is 92.5 Å². The molecule has 0 unspecified atom stereocenters. The highest BCUT2D eigenvalue weighted by atomic mass is 35.5. The van der Waals surface area contributed by atoms with Gasteiger partial charge in [-0.15, -0.1) is 12.4 Å². The molecule has 2 aliphatic rings. The van der Waals surface area contributed by atoms with Crippen LogP contribution in [0.4, 0.5) is 0 Å². The molecule has 27 heavy (non-hydrogen) atoms. The van der Waals surface area contributed by atoms with Gasteiger partial charge in [-0.05, 0) is 18.2 Å². The summed E-state index contributed by atoms with van der Waals surface area (Å²) in [4.78, 5) is 31.0. The number of amides is 2. The van der Waals surface area contributed by atoms with Crippen LogP contribution in [0, 0.1) is 0 Å². The number of methoxy groups -OCH3 is 1. The lowest BCUT2D eigenvalue weighted by atomic mass is 10.1. The fraction of sp³-hybridized carbons (Fsp3) is 0.579. The van der Waals surface area contributed by atoms with E-state index in [0.29, 0.717) is 30.8 Å². The van der Waals surface area contributed by atoms with Crippen molar-refractivity contribution in [2.24, 2.45) is 0 Å². The SMILES string of the molecule is COc1cccc(C(=O)N2CCN(CCC(=O)N3CCNCC3)CC2)c1.Cl. The second kappa shape index (κ2) is 10.5. The lowest BCUT2D eigenvalue weighted by molar-refractivity contribution is -0.132. The number of hydrogen-bond donors (Lipinski definition) is 1. The van der Waals surface area contributed by atoms with Crippen LogP contribution in [0.15, 0.2) is 24.3 Å². The van der Waals surface area contributed by atoms with Gasteiger partial charge in [0.25, 0.3) is 5.91 Å². The Morgan fingerprint density at radius 2 is 1.74 bits per heavy atom. The molecule has 2 aliphatic heterocycles. The third-order valence-corrected chi connectivity index (χ3v) is 5.09. The van der Waals surface area contributed by atoms with E-state index in [0.717, 1.165) is 45.8 Å². The van der Waals surface area contributed by atoms with Crippen molar-refractivity contribution in [3.05, 3.63) is 29.8 Å². The Bertz CT molecular complexity index is 629. The van der Waals surface area contributed by atoms with E-state index < -0.39 is 0 Å². The van der Waals surface area contributed by atoms with Crippen LogP contribution in [0.5, 0.6) is 5.75 Å². The third kappa shape index (κ3) is 5.82. The van der Waals surface area contributed by atoms with Crippen LogP contribution in [0.25, 0.3) is 0 Å². The van der Waals surface area contributed by atoms with Crippen molar-refractivity contribution < 1.29 is 14.3 Å². The Hall–Kier alpha value is -1.83. The molecule has 8 heteroatoms. The molecule has 0 saturated carbocycles. The predicted molar refractivity (Wildman–Crippen MR) is 107 cm³/mol. The fourth-order valence-corrected chi connectivity index (χ4v) is 3.44. The monoisotopic (exact) mass is 396 g/mol. The van der Waals surface area contributed by atoms with E-state index in [1.165, 1.54) is 0 Å². The second-order valence-corrected chi connectivity index (χ2v) is 6.75. The van der Waals surface area contributed by atoms with E-state index in [2.05, 4.69) is 10.2 Å². The summed E-state index contributed by atoms with van der Waals surface area (Å²) in [5, 5.41) is 3.26. The first-order chi connectivity index (χ1) is 12.7. The first-order valence-corrected chi connectivity index (χ1v) is 9.31. The zero-order valence-corrected chi connectivity index (χ0v) is 16.7. The van der Waals surface area contributed by atoms with Gasteiger partial charge in [-0.3, -0.25) is 14.5 Å². The largest absolute Gasteiger partial charge is 0.497 e. The molecular formula is C19H29ClN4O3. The van der Waals surface area contributed by atoms with Crippen molar-refractivity contribution in [3.8, 4) is 5.75 Å². The minimum atomic E-state index is 0. The summed E-state index contributed by atoms with van der Waals surface area (Å²) in [6, 6.07) is 7.28. The van der Waals surface area contributed by atoms with E-state index in [9.17, 15) is 9.59 Å². The normalized spacial score (nSPS) is 18.0. The summed E-state index contributed by atoms with van der Waals surface area (Å²) in [5.41, 5.74) is 0.659. The summed E-state index contributed by atoms with van der Waals surface area (Å²) in [7, 11) is 1.60. The first kappa shape index (κ1) is 21.5. The molecule has 1 aromatic rings. The zero-order chi connectivity index (χ0) is 18.4. The van der Waals surface area contributed by atoms with Crippen molar-refractivity contribution in [2.45, 2.75) is 6.42 Å². The zero-order valence-electron chi connectivity index (χ0n) is 15.9. The number of halogens is 1. The number of piperazine rings is 2. The molecule has 0 bridgehead atoms. The van der Waals surface area contributed by atoms with Gasteiger partial charge in [0.1, 0.15) is 5.75 Å². The molecule has 2 heterocycles. The van der Waals surface area contributed by atoms with Crippen molar-refractivity contribution in [1.29, 1.82) is 0 Å². The lowest BCUT2D eigenvalue weighted by Gasteiger charge is -2.35. The number of hydrogen-bond acceptors (Lipinski definition) is 5. The minimum Gasteiger partial charge on any atom is -0.497 e. The Labute approximate surface area is 167 Å². The highest BCUT2D eigenvalue weighted by Crippen LogP contribution is 2.15. The molecule has 0 radical (unpaired) electrons. The predicted octanol–water partition coefficient (Wildman–Crippen LogP) is 0.697. The fourth-order valence-electron chi connectivity index (χ4n) is 3.44. The molecule has 1 aromatic carbocycles. The van der Waals surface area contributed by atoms with Crippen molar-refractivity contribution in [1.82, 2.24) is 20.0 Å². The highest BCUT2D eigenvalue weighted by Gasteiger charge is 2.23. The van der Waals surface area contributed by atoms with Crippen molar-refractivity contribution >= 4 is 24.2 Å². The Kier molecular flexibility index (Phi) is 8.34. The van der Waals surface area contributed by atoms with Crippen molar-refractivity contribution in [2.75, 3.05) is 66.0 Å². The van der Waals surface area contributed by atoms with Crippen molar-refractivity contribution in [3.63, 3.8) is 0 Å². The number of benzene rings is 1. The number of nitrogens with one attached hydrogen (secondary N) is 1. The first-order valence-electron chi connectivity index (χ1n) is 9.31. The smallest absolute Gasteiger partial charge is 0.254 e. The van der Waals surface area contributed by atoms with Gasteiger partial charge in [0.2, 0.25) is 5.91 Å².